The van der Waals surface area contributed by atoms with E-state index in [-0.39, 0.29) is 24.7 Å². The molecule has 6 heteroatoms. The summed E-state index contributed by atoms with van der Waals surface area (Å²) < 4.78 is 10.2. The number of hydrogen-bond donors (Lipinski definition) is 0. The molecular formula is C19H19NO5. The number of carbonyl (C=O) groups excluding carboxylic acids is 3. The van der Waals surface area contributed by atoms with Crippen molar-refractivity contribution in [3.63, 3.8) is 0 Å². The lowest BCUT2D eigenvalue weighted by molar-refractivity contribution is -0.142. The molecule has 1 saturated heterocycles. The summed E-state index contributed by atoms with van der Waals surface area (Å²) in [6.45, 7) is 0.354. The van der Waals surface area contributed by atoms with Gasteiger partial charge in [-0.15, -0.1) is 0 Å². The molecule has 0 saturated carbocycles. The van der Waals surface area contributed by atoms with Crippen LogP contribution in [-0.4, -0.2) is 30.8 Å². The molecule has 2 heterocycles. The van der Waals surface area contributed by atoms with Crippen LogP contribution in [0.1, 0.15) is 35.4 Å². The van der Waals surface area contributed by atoms with E-state index in [1.54, 1.807) is 47.6 Å². The second kappa shape index (κ2) is 7.79. The fourth-order valence-corrected chi connectivity index (χ4v) is 2.75. The predicted molar refractivity (Wildman–Crippen MR) is 90.3 cm³/mol. The topological polar surface area (TPSA) is 76.8 Å². The van der Waals surface area contributed by atoms with Crippen molar-refractivity contribution in [2.75, 3.05) is 18.1 Å². The van der Waals surface area contributed by atoms with Gasteiger partial charge in [0.15, 0.2) is 12.4 Å². The minimum Gasteiger partial charge on any atom is -0.469 e. The molecule has 1 aromatic heterocycles. The Labute approximate surface area is 145 Å². The molecule has 0 atom stereocenters. The van der Waals surface area contributed by atoms with E-state index in [1.807, 2.05) is 0 Å². The van der Waals surface area contributed by atoms with Crippen LogP contribution >= 0.6 is 0 Å². The maximum Gasteiger partial charge on any atom is 0.306 e. The molecule has 1 aromatic carbocycles. The summed E-state index contributed by atoms with van der Waals surface area (Å²) in [5.41, 5.74) is 1.13. The zero-order valence-corrected chi connectivity index (χ0v) is 13.8. The number of nitrogens with zero attached hydrogens (tertiary/aromatic N) is 1. The smallest absolute Gasteiger partial charge is 0.306 e. The SMILES string of the molecule is O=C(CCc1ccco1)OCC(=O)c1cccc(N2CCCC2=O)c1. The van der Waals surface area contributed by atoms with Gasteiger partial charge in [0.05, 0.1) is 12.7 Å². The number of anilines is 1. The van der Waals surface area contributed by atoms with Crippen LogP contribution in [0.5, 0.6) is 0 Å². The Morgan fingerprint density at radius 3 is 2.80 bits per heavy atom. The second-order valence-corrected chi connectivity index (χ2v) is 5.86. The Hall–Kier alpha value is -2.89. The average Bonchev–Trinajstić information content (AvgIpc) is 3.29. The van der Waals surface area contributed by atoms with E-state index in [0.29, 0.717) is 36.4 Å². The second-order valence-electron chi connectivity index (χ2n) is 5.86. The summed E-state index contributed by atoms with van der Waals surface area (Å²) in [4.78, 5) is 37.4. The molecule has 1 aliphatic rings. The fraction of sp³-hybridized carbons (Fsp3) is 0.316. The van der Waals surface area contributed by atoms with Crippen LogP contribution in [0.15, 0.2) is 47.1 Å². The number of esters is 1. The maximum absolute atomic E-state index is 12.2. The number of aryl methyl sites for hydroxylation is 1. The highest BCUT2D eigenvalue weighted by Crippen LogP contribution is 2.22. The molecule has 0 aliphatic carbocycles. The van der Waals surface area contributed by atoms with E-state index in [9.17, 15) is 14.4 Å². The van der Waals surface area contributed by atoms with Gasteiger partial charge in [-0.2, -0.15) is 0 Å². The van der Waals surface area contributed by atoms with Crippen LogP contribution in [0, 0.1) is 0 Å². The summed E-state index contributed by atoms with van der Waals surface area (Å²) in [5.74, 6) is 0.0238. The molecule has 0 unspecified atom stereocenters. The molecule has 0 spiro atoms. The van der Waals surface area contributed by atoms with Gasteiger partial charge in [0.25, 0.3) is 0 Å². The molecule has 130 valence electrons. The van der Waals surface area contributed by atoms with Crippen molar-refractivity contribution >= 4 is 23.3 Å². The summed E-state index contributed by atoms with van der Waals surface area (Å²) >= 11 is 0. The first-order valence-electron chi connectivity index (χ1n) is 8.25. The zero-order valence-electron chi connectivity index (χ0n) is 13.8. The van der Waals surface area contributed by atoms with E-state index in [1.165, 1.54) is 0 Å². The Bertz CT molecular complexity index is 766. The van der Waals surface area contributed by atoms with Crippen LogP contribution in [0.2, 0.25) is 0 Å². The van der Waals surface area contributed by atoms with Gasteiger partial charge < -0.3 is 14.1 Å². The number of furan rings is 1. The van der Waals surface area contributed by atoms with E-state index >= 15 is 0 Å². The molecule has 1 amide bonds. The van der Waals surface area contributed by atoms with Gasteiger partial charge in [-0.05, 0) is 30.7 Å². The lowest BCUT2D eigenvalue weighted by atomic mass is 10.1. The number of rotatable bonds is 7. The van der Waals surface area contributed by atoms with Crippen LogP contribution in [0.3, 0.4) is 0 Å². The average molecular weight is 341 g/mol. The number of amides is 1. The molecule has 2 aromatic rings. The van der Waals surface area contributed by atoms with Gasteiger partial charge in [0.1, 0.15) is 5.76 Å². The Balaban J connectivity index is 1.52. The first-order chi connectivity index (χ1) is 12.1. The van der Waals surface area contributed by atoms with Crippen molar-refractivity contribution in [2.45, 2.75) is 25.7 Å². The quantitative estimate of drug-likeness (QED) is 0.572. The molecule has 1 fully saturated rings. The normalized spacial score (nSPS) is 13.9. The summed E-state index contributed by atoms with van der Waals surface area (Å²) in [6, 6.07) is 10.4. The standard InChI is InChI=1S/C19H19NO5/c21-17(13-25-19(23)9-8-16-6-3-11-24-16)14-4-1-5-15(12-14)20-10-2-7-18(20)22/h1,3-6,11-12H,2,7-10,13H2. The molecule has 0 N–H and O–H groups in total. The van der Waals surface area contributed by atoms with Crippen molar-refractivity contribution in [1.82, 2.24) is 0 Å². The van der Waals surface area contributed by atoms with Crippen LogP contribution in [0.4, 0.5) is 5.69 Å². The number of benzene rings is 1. The third-order valence-electron chi connectivity index (χ3n) is 4.07. The summed E-state index contributed by atoms with van der Waals surface area (Å²) in [6.07, 6.45) is 3.49. The number of ketones is 1. The molecular weight excluding hydrogens is 322 g/mol. The first kappa shape index (κ1) is 17.0. The zero-order chi connectivity index (χ0) is 17.6. The van der Waals surface area contributed by atoms with Crippen molar-refractivity contribution in [2.24, 2.45) is 0 Å². The van der Waals surface area contributed by atoms with E-state index in [0.717, 1.165) is 6.42 Å². The minimum absolute atomic E-state index is 0.0638. The minimum atomic E-state index is -0.448. The van der Waals surface area contributed by atoms with Gasteiger partial charge in [0, 0.05) is 30.6 Å². The van der Waals surface area contributed by atoms with Crippen LogP contribution in [-0.2, 0) is 20.7 Å². The third-order valence-corrected chi connectivity index (χ3v) is 4.07. The Morgan fingerprint density at radius 2 is 2.08 bits per heavy atom. The number of Topliss-reactive ketones (excluding diaryl/α,β-unsaturated/α-hetero) is 1. The maximum atomic E-state index is 12.2. The van der Waals surface area contributed by atoms with Gasteiger partial charge in [0.2, 0.25) is 5.91 Å². The first-order valence-corrected chi connectivity index (χ1v) is 8.25. The predicted octanol–water partition coefficient (Wildman–Crippen LogP) is 2.77. The molecule has 3 rings (SSSR count). The van der Waals surface area contributed by atoms with Gasteiger partial charge in [-0.3, -0.25) is 14.4 Å². The highest BCUT2D eigenvalue weighted by atomic mass is 16.5. The molecule has 0 bridgehead atoms. The highest BCUT2D eigenvalue weighted by molar-refractivity contribution is 6.01. The van der Waals surface area contributed by atoms with Crippen molar-refractivity contribution in [3.8, 4) is 0 Å². The van der Waals surface area contributed by atoms with Crippen LogP contribution < -0.4 is 4.90 Å². The van der Waals surface area contributed by atoms with Crippen molar-refractivity contribution in [3.05, 3.63) is 54.0 Å². The molecule has 25 heavy (non-hydrogen) atoms. The summed E-state index contributed by atoms with van der Waals surface area (Å²) in [5, 5.41) is 0. The molecule has 1 aliphatic heterocycles. The molecule has 6 nitrogen and oxygen atoms in total. The monoisotopic (exact) mass is 341 g/mol. The summed E-state index contributed by atoms with van der Waals surface area (Å²) in [7, 11) is 0. The fourth-order valence-electron chi connectivity index (χ4n) is 2.75. The van der Waals surface area contributed by atoms with Crippen molar-refractivity contribution in [1.29, 1.82) is 0 Å². The van der Waals surface area contributed by atoms with E-state index in [4.69, 9.17) is 9.15 Å². The number of carbonyl (C=O) groups is 3. The van der Waals surface area contributed by atoms with E-state index in [2.05, 4.69) is 0 Å². The lowest BCUT2D eigenvalue weighted by Gasteiger charge is -2.16. The Kier molecular flexibility index (Phi) is 5.28. The van der Waals surface area contributed by atoms with Gasteiger partial charge >= 0.3 is 5.97 Å². The van der Waals surface area contributed by atoms with Crippen molar-refractivity contribution < 1.29 is 23.5 Å². The van der Waals surface area contributed by atoms with Gasteiger partial charge in [-0.1, -0.05) is 12.1 Å². The van der Waals surface area contributed by atoms with Gasteiger partial charge in [-0.25, -0.2) is 0 Å². The lowest BCUT2D eigenvalue weighted by Crippen LogP contribution is -2.24. The Morgan fingerprint density at radius 1 is 1.20 bits per heavy atom. The van der Waals surface area contributed by atoms with E-state index < -0.39 is 5.97 Å². The highest BCUT2D eigenvalue weighted by Gasteiger charge is 2.22. The molecule has 0 radical (unpaired) electrons. The third kappa shape index (κ3) is 4.35. The largest absolute Gasteiger partial charge is 0.469 e. The van der Waals surface area contributed by atoms with Crippen LogP contribution in [0.25, 0.3) is 0 Å². The number of ether oxygens (including phenoxy) is 1. The number of hydrogen-bond acceptors (Lipinski definition) is 5.